The van der Waals surface area contributed by atoms with Gasteiger partial charge in [-0.25, -0.2) is 0 Å². The summed E-state index contributed by atoms with van der Waals surface area (Å²) in [5.74, 6) is -1.21. The third-order valence-electron chi connectivity index (χ3n) is 2.03. The lowest BCUT2D eigenvalue weighted by atomic mass is 10.0. The number of rotatable bonds is 6. The second-order valence-corrected chi connectivity index (χ2v) is 3.90. The van der Waals surface area contributed by atoms with E-state index in [2.05, 4.69) is 21.9 Å². The van der Waals surface area contributed by atoms with E-state index in [0.717, 1.165) is 6.08 Å². The molecule has 0 saturated carbocycles. The molecule has 0 rings (SSSR count). The Hall–Kier alpha value is -1.85. The van der Waals surface area contributed by atoms with E-state index < -0.39 is 17.4 Å². The van der Waals surface area contributed by atoms with Crippen LogP contribution in [-0.4, -0.2) is 37.0 Å². The lowest BCUT2D eigenvalue weighted by Gasteiger charge is -2.24. The van der Waals surface area contributed by atoms with Crippen molar-refractivity contribution < 1.29 is 19.1 Å². The Labute approximate surface area is 100 Å². The van der Waals surface area contributed by atoms with E-state index in [9.17, 15) is 14.4 Å². The SMILES string of the molecule is C=CC(=O)NC(C)(C)C(=O)NCCC(=O)OC. The molecule has 0 spiro atoms. The summed E-state index contributed by atoms with van der Waals surface area (Å²) in [6.45, 7) is 6.58. The number of carbonyl (C=O) groups excluding carboxylic acids is 3. The number of esters is 1. The molecular weight excluding hydrogens is 224 g/mol. The summed E-state index contributed by atoms with van der Waals surface area (Å²) < 4.78 is 4.43. The Morgan fingerprint density at radius 2 is 1.94 bits per heavy atom. The number of hydrogen-bond acceptors (Lipinski definition) is 4. The Kier molecular flexibility index (Phi) is 5.95. The van der Waals surface area contributed by atoms with Crippen LogP contribution in [0, 0.1) is 0 Å². The number of carbonyl (C=O) groups is 3. The quantitative estimate of drug-likeness (QED) is 0.496. The van der Waals surface area contributed by atoms with Crippen LogP contribution in [0.3, 0.4) is 0 Å². The zero-order valence-electron chi connectivity index (χ0n) is 10.3. The number of nitrogens with one attached hydrogen (secondary N) is 2. The lowest BCUT2D eigenvalue weighted by molar-refractivity contribution is -0.140. The van der Waals surface area contributed by atoms with Gasteiger partial charge in [-0.1, -0.05) is 6.58 Å². The molecule has 0 fully saturated rings. The van der Waals surface area contributed by atoms with E-state index in [1.165, 1.54) is 7.11 Å². The highest BCUT2D eigenvalue weighted by molar-refractivity contribution is 5.94. The summed E-state index contributed by atoms with van der Waals surface area (Å²) in [6, 6.07) is 0. The summed E-state index contributed by atoms with van der Waals surface area (Å²) in [5, 5.41) is 5.00. The van der Waals surface area contributed by atoms with Crippen LogP contribution in [0.25, 0.3) is 0 Å². The van der Waals surface area contributed by atoms with E-state index in [1.807, 2.05) is 0 Å². The number of ether oxygens (including phenoxy) is 1. The number of methoxy groups -OCH3 is 1. The summed E-state index contributed by atoms with van der Waals surface area (Å²) in [5.41, 5.74) is -1.05. The van der Waals surface area contributed by atoms with Gasteiger partial charge in [-0.05, 0) is 19.9 Å². The highest BCUT2D eigenvalue weighted by Gasteiger charge is 2.28. The first-order valence-corrected chi connectivity index (χ1v) is 5.13. The van der Waals surface area contributed by atoms with Crippen molar-refractivity contribution in [1.82, 2.24) is 10.6 Å². The molecule has 0 atom stereocenters. The molecule has 6 nitrogen and oxygen atoms in total. The van der Waals surface area contributed by atoms with Gasteiger partial charge >= 0.3 is 5.97 Å². The van der Waals surface area contributed by atoms with E-state index in [1.54, 1.807) is 13.8 Å². The minimum atomic E-state index is -1.05. The number of amides is 2. The largest absolute Gasteiger partial charge is 0.469 e. The first-order valence-electron chi connectivity index (χ1n) is 5.13. The molecule has 6 heteroatoms. The topological polar surface area (TPSA) is 84.5 Å². The summed E-state index contributed by atoms with van der Waals surface area (Å²) in [7, 11) is 1.28. The predicted octanol–water partition coefficient (Wildman–Crippen LogP) is -0.254. The molecule has 0 aliphatic rings. The van der Waals surface area contributed by atoms with Gasteiger partial charge in [0.2, 0.25) is 11.8 Å². The Balaban J connectivity index is 4.15. The Morgan fingerprint density at radius 1 is 1.35 bits per heavy atom. The molecule has 17 heavy (non-hydrogen) atoms. The van der Waals surface area contributed by atoms with Gasteiger partial charge in [0, 0.05) is 6.54 Å². The van der Waals surface area contributed by atoms with Crippen molar-refractivity contribution in [1.29, 1.82) is 0 Å². The molecule has 0 saturated heterocycles. The second-order valence-electron chi connectivity index (χ2n) is 3.90. The Morgan fingerprint density at radius 3 is 2.41 bits per heavy atom. The van der Waals surface area contributed by atoms with Crippen LogP contribution in [0.5, 0.6) is 0 Å². The maximum Gasteiger partial charge on any atom is 0.307 e. The van der Waals surface area contributed by atoms with E-state index >= 15 is 0 Å². The second kappa shape index (κ2) is 6.67. The molecule has 0 radical (unpaired) electrons. The fourth-order valence-electron chi connectivity index (χ4n) is 1.02. The molecule has 2 amide bonds. The zero-order valence-corrected chi connectivity index (χ0v) is 10.3. The summed E-state index contributed by atoms with van der Waals surface area (Å²) in [6.07, 6.45) is 1.18. The molecule has 0 aliphatic carbocycles. The molecule has 0 aromatic carbocycles. The summed E-state index contributed by atoms with van der Waals surface area (Å²) in [4.78, 5) is 33.6. The summed E-state index contributed by atoms with van der Waals surface area (Å²) >= 11 is 0. The first-order chi connectivity index (χ1) is 7.83. The normalized spacial score (nSPS) is 10.3. The highest BCUT2D eigenvalue weighted by Crippen LogP contribution is 2.02. The standard InChI is InChI=1S/C11H18N2O4/c1-5-8(14)13-11(2,3)10(16)12-7-6-9(15)17-4/h5H,1,6-7H2,2-4H3,(H,12,16)(H,13,14). The van der Waals surface area contributed by atoms with Crippen LogP contribution < -0.4 is 10.6 Å². The minimum Gasteiger partial charge on any atom is -0.469 e. The molecule has 0 bridgehead atoms. The third-order valence-corrected chi connectivity index (χ3v) is 2.03. The molecule has 0 aromatic rings. The molecule has 0 heterocycles. The molecule has 0 aliphatic heterocycles. The highest BCUT2D eigenvalue weighted by atomic mass is 16.5. The molecule has 0 unspecified atom stereocenters. The van der Waals surface area contributed by atoms with Gasteiger partial charge in [-0.15, -0.1) is 0 Å². The smallest absolute Gasteiger partial charge is 0.307 e. The van der Waals surface area contributed by atoms with Crippen molar-refractivity contribution in [3.63, 3.8) is 0 Å². The minimum absolute atomic E-state index is 0.0910. The van der Waals surface area contributed by atoms with E-state index in [-0.39, 0.29) is 18.9 Å². The monoisotopic (exact) mass is 242 g/mol. The van der Waals surface area contributed by atoms with Crippen LogP contribution in [0.1, 0.15) is 20.3 Å². The van der Waals surface area contributed by atoms with Gasteiger partial charge in [0.15, 0.2) is 0 Å². The van der Waals surface area contributed by atoms with E-state index in [4.69, 9.17) is 0 Å². The number of hydrogen-bond donors (Lipinski definition) is 2. The predicted molar refractivity (Wildman–Crippen MR) is 62.1 cm³/mol. The van der Waals surface area contributed by atoms with Crippen molar-refractivity contribution in [3.8, 4) is 0 Å². The van der Waals surface area contributed by atoms with Crippen LogP contribution in [0.15, 0.2) is 12.7 Å². The van der Waals surface area contributed by atoms with Gasteiger partial charge in [-0.3, -0.25) is 14.4 Å². The van der Waals surface area contributed by atoms with Crippen LogP contribution in [-0.2, 0) is 19.1 Å². The van der Waals surface area contributed by atoms with Gasteiger partial charge in [0.05, 0.1) is 13.5 Å². The maximum absolute atomic E-state index is 11.7. The van der Waals surface area contributed by atoms with Crippen LogP contribution in [0.4, 0.5) is 0 Å². The van der Waals surface area contributed by atoms with Gasteiger partial charge in [0.25, 0.3) is 0 Å². The fraction of sp³-hybridized carbons (Fsp3) is 0.545. The molecule has 2 N–H and O–H groups in total. The van der Waals surface area contributed by atoms with E-state index in [0.29, 0.717) is 0 Å². The Bertz CT molecular complexity index is 323. The molecule has 0 aromatic heterocycles. The van der Waals surface area contributed by atoms with Gasteiger partial charge in [0.1, 0.15) is 5.54 Å². The zero-order chi connectivity index (χ0) is 13.5. The average molecular weight is 242 g/mol. The van der Waals surface area contributed by atoms with Gasteiger partial charge in [-0.2, -0.15) is 0 Å². The van der Waals surface area contributed by atoms with Gasteiger partial charge < -0.3 is 15.4 Å². The lowest BCUT2D eigenvalue weighted by Crippen LogP contribution is -2.54. The average Bonchev–Trinajstić information content (AvgIpc) is 2.27. The third kappa shape index (κ3) is 5.70. The van der Waals surface area contributed by atoms with Crippen LogP contribution >= 0.6 is 0 Å². The van der Waals surface area contributed by atoms with Crippen molar-refractivity contribution in [2.24, 2.45) is 0 Å². The fourth-order valence-corrected chi connectivity index (χ4v) is 1.02. The van der Waals surface area contributed by atoms with Crippen molar-refractivity contribution >= 4 is 17.8 Å². The molecule has 96 valence electrons. The van der Waals surface area contributed by atoms with Crippen LogP contribution in [0.2, 0.25) is 0 Å². The van der Waals surface area contributed by atoms with Crippen molar-refractivity contribution in [2.45, 2.75) is 25.8 Å². The molecular formula is C11H18N2O4. The van der Waals surface area contributed by atoms with Crippen molar-refractivity contribution in [3.05, 3.63) is 12.7 Å². The maximum atomic E-state index is 11.7. The van der Waals surface area contributed by atoms with Crippen molar-refractivity contribution in [2.75, 3.05) is 13.7 Å². The first kappa shape index (κ1) is 15.2.